The number of amides is 2. The SMILES string of the molecule is CCCC(c1cccc(C(=O)N[C@H]2CCOc3ccccc32)c1)N1C(=O)CC(C)(CC)N=C1N. The third-order valence-corrected chi connectivity index (χ3v) is 6.86. The van der Waals surface area contributed by atoms with Crippen molar-refractivity contribution >= 4 is 17.8 Å². The Labute approximate surface area is 201 Å². The van der Waals surface area contributed by atoms with Crippen LogP contribution in [0.25, 0.3) is 0 Å². The molecule has 0 aromatic heterocycles. The molecule has 7 heteroatoms. The van der Waals surface area contributed by atoms with Crippen molar-refractivity contribution in [3.05, 3.63) is 65.2 Å². The van der Waals surface area contributed by atoms with Crippen molar-refractivity contribution in [1.82, 2.24) is 10.2 Å². The highest BCUT2D eigenvalue weighted by Crippen LogP contribution is 2.34. The first-order chi connectivity index (χ1) is 16.3. The summed E-state index contributed by atoms with van der Waals surface area (Å²) >= 11 is 0. The highest BCUT2D eigenvalue weighted by atomic mass is 16.5. The lowest BCUT2D eigenvalue weighted by Gasteiger charge is -2.39. The third kappa shape index (κ3) is 4.79. The van der Waals surface area contributed by atoms with E-state index < -0.39 is 5.54 Å². The molecular weight excluding hydrogens is 428 g/mol. The number of hydrogen-bond donors (Lipinski definition) is 2. The summed E-state index contributed by atoms with van der Waals surface area (Å²) in [6, 6.07) is 14.9. The lowest BCUT2D eigenvalue weighted by Crippen LogP contribution is -2.51. The molecule has 2 aromatic carbocycles. The molecule has 4 rings (SSSR count). The Balaban J connectivity index is 1.59. The number of rotatable bonds is 7. The van der Waals surface area contributed by atoms with Gasteiger partial charge in [-0.1, -0.05) is 50.6 Å². The van der Waals surface area contributed by atoms with Crippen molar-refractivity contribution in [3.63, 3.8) is 0 Å². The van der Waals surface area contributed by atoms with Crippen LogP contribution in [0.4, 0.5) is 0 Å². The number of nitrogens with two attached hydrogens (primary N) is 1. The Kier molecular flexibility index (Phi) is 6.91. The van der Waals surface area contributed by atoms with Gasteiger partial charge in [0, 0.05) is 17.5 Å². The van der Waals surface area contributed by atoms with Gasteiger partial charge >= 0.3 is 0 Å². The zero-order chi connectivity index (χ0) is 24.3. The number of benzene rings is 2. The number of ether oxygens (including phenoxy) is 1. The van der Waals surface area contributed by atoms with E-state index in [0.717, 1.165) is 36.1 Å². The van der Waals surface area contributed by atoms with E-state index in [1.807, 2.05) is 56.3 Å². The summed E-state index contributed by atoms with van der Waals surface area (Å²) in [6.45, 7) is 6.61. The maximum Gasteiger partial charge on any atom is 0.251 e. The number of aliphatic imine (C=N–C) groups is 1. The standard InChI is InChI=1S/C27H34N4O3/c1-4-9-22(31-24(32)17-27(3,5-2)30-26(31)28)18-10-8-11-19(16-18)25(33)29-21-14-15-34-23-13-7-6-12-20(21)23/h6-8,10-13,16,21-22H,4-5,9,14-15,17H2,1-3H3,(H2,28,30)(H,29,33)/t21-,22?,27?/m0/s1. The Morgan fingerprint density at radius 1 is 1.26 bits per heavy atom. The molecule has 0 spiro atoms. The lowest BCUT2D eigenvalue weighted by atomic mass is 9.91. The van der Waals surface area contributed by atoms with Crippen molar-refractivity contribution in [1.29, 1.82) is 0 Å². The van der Waals surface area contributed by atoms with Crippen LogP contribution in [0.2, 0.25) is 0 Å². The number of para-hydroxylation sites is 1. The third-order valence-electron chi connectivity index (χ3n) is 6.86. The number of hydrogen-bond acceptors (Lipinski definition) is 5. The summed E-state index contributed by atoms with van der Waals surface area (Å²) in [5, 5.41) is 3.16. The Hall–Kier alpha value is -3.35. The van der Waals surface area contributed by atoms with Gasteiger partial charge in [0.25, 0.3) is 5.91 Å². The Morgan fingerprint density at radius 3 is 2.79 bits per heavy atom. The average Bonchev–Trinajstić information content (AvgIpc) is 2.83. The summed E-state index contributed by atoms with van der Waals surface area (Å²) in [6.07, 6.45) is 3.38. The minimum atomic E-state index is -0.462. The van der Waals surface area contributed by atoms with Gasteiger partial charge in [0.05, 0.1) is 30.7 Å². The first kappa shape index (κ1) is 23.8. The zero-order valence-corrected chi connectivity index (χ0v) is 20.2. The molecule has 0 bridgehead atoms. The van der Waals surface area contributed by atoms with Crippen LogP contribution >= 0.6 is 0 Å². The number of fused-ring (bicyclic) bond motifs is 1. The number of nitrogens with zero attached hydrogens (tertiary/aromatic N) is 2. The van der Waals surface area contributed by atoms with Gasteiger partial charge in [-0.15, -0.1) is 0 Å². The van der Waals surface area contributed by atoms with E-state index in [1.165, 1.54) is 0 Å². The molecule has 2 aliphatic rings. The molecule has 7 nitrogen and oxygen atoms in total. The van der Waals surface area contributed by atoms with Crippen molar-refractivity contribution < 1.29 is 14.3 Å². The van der Waals surface area contributed by atoms with Gasteiger partial charge < -0.3 is 15.8 Å². The molecule has 3 N–H and O–H groups in total. The second kappa shape index (κ2) is 9.87. The molecule has 2 amide bonds. The topological polar surface area (TPSA) is 97.0 Å². The van der Waals surface area contributed by atoms with Gasteiger partial charge in [-0.05, 0) is 43.5 Å². The van der Waals surface area contributed by atoms with Gasteiger partial charge in [-0.2, -0.15) is 0 Å². The molecule has 0 saturated carbocycles. The monoisotopic (exact) mass is 462 g/mol. The second-order valence-electron chi connectivity index (χ2n) is 9.39. The fourth-order valence-corrected chi connectivity index (χ4v) is 4.79. The molecule has 3 atom stereocenters. The normalized spacial score (nSPS) is 22.9. The van der Waals surface area contributed by atoms with E-state index in [2.05, 4.69) is 17.2 Å². The lowest BCUT2D eigenvalue weighted by molar-refractivity contribution is -0.131. The maximum absolute atomic E-state index is 13.2. The molecule has 0 aliphatic carbocycles. The summed E-state index contributed by atoms with van der Waals surface area (Å²) in [5.74, 6) is 0.897. The maximum atomic E-state index is 13.2. The summed E-state index contributed by atoms with van der Waals surface area (Å²) in [4.78, 5) is 32.6. The number of carbonyl (C=O) groups is 2. The Bertz CT molecular complexity index is 1100. The van der Waals surface area contributed by atoms with Gasteiger partial charge in [0.2, 0.25) is 5.91 Å². The zero-order valence-electron chi connectivity index (χ0n) is 20.2. The number of guanidine groups is 1. The van der Waals surface area contributed by atoms with E-state index in [1.54, 1.807) is 11.0 Å². The van der Waals surface area contributed by atoms with Gasteiger partial charge in [0.1, 0.15) is 5.75 Å². The number of nitrogens with one attached hydrogen (secondary N) is 1. The van der Waals surface area contributed by atoms with Crippen molar-refractivity contribution in [3.8, 4) is 5.75 Å². The predicted octanol–water partition coefficient (Wildman–Crippen LogP) is 4.50. The largest absolute Gasteiger partial charge is 0.493 e. The second-order valence-corrected chi connectivity index (χ2v) is 9.39. The highest BCUT2D eigenvalue weighted by molar-refractivity contribution is 5.99. The van der Waals surface area contributed by atoms with E-state index in [9.17, 15) is 9.59 Å². The Morgan fingerprint density at radius 2 is 2.06 bits per heavy atom. The summed E-state index contributed by atoms with van der Waals surface area (Å²) in [7, 11) is 0. The minimum absolute atomic E-state index is 0.0241. The van der Waals surface area contributed by atoms with Crippen LogP contribution in [0, 0.1) is 0 Å². The molecule has 34 heavy (non-hydrogen) atoms. The first-order valence-electron chi connectivity index (χ1n) is 12.1. The highest BCUT2D eigenvalue weighted by Gasteiger charge is 2.38. The van der Waals surface area contributed by atoms with Crippen molar-refractivity contribution in [2.24, 2.45) is 10.7 Å². The van der Waals surface area contributed by atoms with Gasteiger partial charge in [-0.3, -0.25) is 14.5 Å². The quantitative estimate of drug-likeness (QED) is 0.633. The molecule has 2 aliphatic heterocycles. The summed E-state index contributed by atoms with van der Waals surface area (Å²) in [5.41, 5.74) is 8.29. The fourth-order valence-electron chi connectivity index (χ4n) is 4.79. The van der Waals surface area contributed by atoms with Gasteiger partial charge in [-0.25, -0.2) is 4.99 Å². The number of carbonyl (C=O) groups excluding carboxylic acids is 2. The van der Waals surface area contributed by atoms with E-state index in [-0.39, 0.29) is 29.9 Å². The fraction of sp³-hybridized carbons (Fsp3) is 0.444. The molecule has 2 unspecified atom stereocenters. The van der Waals surface area contributed by atoms with Crippen LogP contribution in [0.5, 0.6) is 5.75 Å². The van der Waals surface area contributed by atoms with Crippen LogP contribution in [0.3, 0.4) is 0 Å². The van der Waals surface area contributed by atoms with Crippen LogP contribution in [-0.2, 0) is 4.79 Å². The smallest absolute Gasteiger partial charge is 0.251 e. The molecular formula is C27H34N4O3. The molecule has 0 radical (unpaired) electrons. The van der Waals surface area contributed by atoms with Crippen molar-refractivity contribution in [2.75, 3.05) is 6.61 Å². The van der Waals surface area contributed by atoms with Crippen LogP contribution < -0.4 is 15.8 Å². The molecule has 0 saturated heterocycles. The molecule has 2 heterocycles. The van der Waals surface area contributed by atoms with Crippen LogP contribution in [-0.4, -0.2) is 34.8 Å². The van der Waals surface area contributed by atoms with Crippen LogP contribution in [0.15, 0.2) is 53.5 Å². The van der Waals surface area contributed by atoms with E-state index in [0.29, 0.717) is 25.0 Å². The van der Waals surface area contributed by atoms with Crippen LogP contribution in [0.1, 0.15) is 86.4 Å². The summed E-state index contributed by atoms with van der Waals surface area (Å²) < 4.78 is 5.72. The molecule has 180 valence electrons. The molecule has 2 aromatic rings. The van der Waals surface area contributed by atoms with Gasteiger partial charge in [0.15, 0.2) is 5.96 Å². The minimum Gasteiger partial charge on any atom is -0.493 e. The first-order valence-corrected chi connectivity index (χ1v) is 12.1. The van der Waals surface area contributed by atoms with E-state index >= 15 is 0 Å². The average molecular weight is 463 g/mol. The predicted molar refractivity (Wildman–Crippen MR) is 133 cm³/mol. The van der Waals surface area contributed by atoms with Crippen molar-refractivity contribution in [2.45, 2.75) is 70.5 Å². The van der Waals surface area contributed by atoms with E-state index in [4.69, 9.17) is 10.5 Å². The molecule has 0 fully saturated rings.